The number of cyclic esters (lactones) is 1. The van der Waals surface area contributed by atoms with Crippen LogP contribution in [0.15, 0.2) is 0 Å². The van der Waals surface area contributed by atoms with E-state index in [0.717, 1.165) is 0 Å². The van der Waals surface area contributed by atoms with Crippen LogP contribution < -0.4 is 34.7 Å². The number of nitrogens with zero attached hydrogens (tertiary/aromatic N) is 1. The van der Waals surface area contributed by atoms with E-state index < -0.39 is 23.6 Å². The van der Waals surface area contributed by atoms with Gasteiger partial charge in [0.05, 0.1) is 19.4 Å². The van der Waals surface area contributed by atoms with Crippen molar-refractivity contribution >= 4 is 17.8 Å². The van der Waals surface area contributed by atoms with Gasteiger partial charge in [0.25, 0.3) is 11.6 Å². The average molecular weight is 237 g/mol. The summed E-state index contributed by atoms with van der Waals surface area (Å²) >= 11 is 0. The molecule has 8 heteroatoms. The zero-order chi connectivity index (χ0) is 11.1. The zero-order valence-electron chi connectivity index (χ0n) is 8.73. The van der Waals surface area contributed by atoms with Crippen molar-refractivity contribution in [1.29, 1.82) is 0 Å². The maximum atomic E-state index is 11.3. The molecule has 2 fully saturated rings. The molecule has 2 aliphatic rings. The Kier molecular flexibility index (Phi) is 3.95. The number of hydroxylamine groups is 2. The minimum Gasteiger partial charge on any atom is -0.544 e. The number of aliphatic carboxylic acids is 1. The van der Waals surface area contributed by atoms with Gasteiger partial charge in [-0.05, 0) is 0 Å². The summed E-state index contributed by atoms with van der Waals surface area (Å²) in [6.45, 7) is 0.0887. The molecular formula is C8H8NNaO6. The number of carboxylic acid groups (broad SMARTS) is 1. The maximum absolute atomic E-state index is 11.3. The number of amides is 1. The molecule has 82 valence electrons. The van der Waals surface area contributed by atoms with Crippen molar-refractivity contribution < 1.29 is 58.6 Å². The fraction of sp³-hybridized carbons (Fsp3) is 0.625. The van der Waals surface area contributed by atoms with Crippen molar-refractivity contribution in [2.75, 3.05) is 6.61 Å². The fourth-order valence-electron chi connectivity index (χ4n) is 1.64. The van der Waals surface area contributed by atoms with E-state index in [0.29, 0.717) is 5.06 Å². The standard InChI is InChI=1S/C8H9NO6.Na/c10-5-2-4-14-9(5)8(7(12)13)3-1-6(11)15-8;/h1-4H2,(H,12,13);/q;+1/p-1. The summed E-state index contributed by atoms with van der Waals surface area (Å²) in [7, 11) is 0. The Morgan fingerprint density at radius 3 is 2.44 bits per heavy atom. The molecule has 1 amide bonds. The molecular weight excluding hydrogens is 229 g/mol. The first-order chi connectivity index (χ1) is 7.06. The summed E-state index contributed by atoms with van der Waals surface area (Å²) in [6, 6.07) is 0. The van der Waals surface area contributed by atoms with Crippen molar-refractivity contribution in [2.24, 2.45) is 0 Å². The summed E-state index contributed by atoms with van der Waals surface area (Å²) in [5, 5.41) is 11.5. The van der Waals surface area contributed by atoms with Crippen LogP contribution in [0.25, 0.3) is 0 Å². The quantitative estimate of drug-likeness (QED) is 0.352. The molecule has 0 spiro atoms. The van der Waals surface area contributed by atoms with Gasteiger partial charge in [-0.1, -0.05) is 0 Å². The normalized spacial score (nSPS) is 28.9. The minimum absolute atomic E-state index is 0. The Morgan fingerprint density at radius 2 is 2.06 bits per heavy atom. The summed E-state index contributed by atoms with van der Waals surface area (Å²) in [5.74, 6) is -2.83. The first-order valence-electron chi connectivity index (χ1n) is 4.45. The summed E-state index contributed by atoms with van der Waals surface area (Å²) < 4.78 is 4.64. The van der Waals surface area contributed by atoms with Gasteiger partial charge in [0.1, 0.15) is 5.97 Å². The number of hydrogen-bond acceptors (Lipinski definition) is 6. The first-order valence-corrected chi connectivity index (χ1v) is 4.45. The van der Waals surface area contributed by atoms with Gasteiger partial charge in [0.15, 0.2) is 0 Å². The molecule has 0 aromatic carbocycles. The Balaban J connectivity index is 0.00000128. The third-order valence-corrected chi connectivity index (χ3v) is 2.36. The minimum atomic E-state index is -2.06. The van der Waals surface area contributed by atoms with E-state index in [1.54, 1.807) is 0 Å². The largest absolute Gasteiger partial charge is 1.00 e. The SMILES string of the molecule is O=C1CCC(C(=O)[O-])(N2OCCC2=O)O1.[Na+]. The number of ether oxygens (including phenoxy) is 1. The molecule has 0 radical (unpaired) electrons. The van der Waals surface area contributed by atoms with Gasteiger partial charge in [-0.3, -0.25) is 14.4 Å². The average Bonchev–Trinajstić information content (AvgIpc) is 2.72. The van der Waals surface area contributed by atoms with Crippen LogP contribution in [0.5, 0.6) is 0 Å². The monoisotopic (exact) mass is 237 g/mol. The second-order valence-corrected chi connectivity index (χ2v) is 3.32. The van der Waals surface area contributed by atoms with Crippen LogP contribution in [0.3, 0.4) is 0 Å². The predicted molar refractivity (Wildman–Crippen MR) is 40.5 cm³/mol. The van der Waals surface area contributed by atoms with Crippen LogP contribution in [0.4, 0.5) is 0 Å². The second kappa shape index (κ2) is 4.70. The van der Waals surface area contributed by atoms with Crippen LogP contribution >= 0.6 is 0 Å². The Labute approximate surface area is 113 Å². The number of carbonyl (C=O) groups excluding carboxylic acids is 3. The molecule has 1 unspecified atom stereocenters. The summed E-state index contributed by atoms with van der Waals surface area (Å²) in [6.07, 6.45) is -0.131. The molecule has 0 saturated carbocycles. The van der Waals surface area contributed by atoms with E-state index in [1.807, 2.05) is 0 Å². The smallest absolute Gasteiger partial charge is 0.544 e. The Morgan fingerprint density at radius 1 is 1.38 bits per heavy atom. The van der Waals surface area contributed by atoms with E-state index in [-0.39, 0.29) is 55.4 Å². The molecule has 2 saturated heterocycles. The Hall–Kier alpha value is -0.630. The van der Waals surface area contributed by atoms with Gasteiger partial charge >= 0.3 is 35.5 Å². The van der Waals surface area contributed by atoms with Gasteiger partial charge in [-0.25, -0.2) is 0 Å². The van der Waals surface area contributed by atoms with Gasteiger partial charge in [-0.15, -0.1) is 0 Å². The number of carbonyl (C=O) groups is 3. The fourth-order valence-corrected chi connectivity index (χ4v) is 1.64. The van der Waals surface area contributed by atoms with Gasteiger partial charge in [-0.2, -0.15) is 5.06 Å². The molecule has 1 atom stereocenters. The predicted octanol–water partition coefficient (Wildman–Crippen LogP) is -5.06. The number of rotatable bonds is 2. The van der Waals surface area contributed by atoms with Crippen molar-refractivity contribution in [1.82, 2.24) is 5.06 Å². The number of esters is 1. The third kappa shape index (κ3) is 1.95. The molecule has 7 nitrogen and oxygen atoms in total. The van der Waals surface area contributed by atoms with Crippen LogP contribution in [0, 0.1) is 0 Å². The van der Waals surface area contributed by atoms with Crippen LogP contribution in [0.2, 0.25) is 0 Å². The molecule has 0 aromatic heterocycles. The van der Waals surface area contributed by atoms with E-state index >= 15 is 0 Å². The van der Waals surface area contributed by atoms with E-state index in [4.69, 9.17) is 4.84 Å². The molecule has 0 N–H and O–H groups in total. The van der Waals surface area contributed by atoms with Crippen molar-refractivity contribution in [2.45, 2.75) is 25.0 Å². The Bertz CT molecular complexity index is 345. The topological polar surface area (TPSA) is 96.0 Å². The van der Waals surface area contributed by atoms with Crippen molar-refractivity contribution in [3.63, 3.8) is 0 Å². The van der Waals surface area contributed by atoms with Gasteiger partial charge in [0, 0.05) is 6.42 Å². The van der Waals surface area contributed by atoms with Gasteiger partial charge < -0.3 is 14.6 Å². The van der Waals surface area contributed by atoms with Crippen molar-refractivity contribution in [3.05, 3.63) is 0 Å². The molecule has 0 aromatic rings. The zero-order valence-corrected chi connectivity index (χ0v) is 10.7. The molecule has 16 heavy (non-hydrogen) atoms. The van der Waals surface area contributed by atoms with Crippen LogP contribution in [-0.2, 0) is 24.0 Å². The molecule has 0 aliphatic carbocycles. The number of carboxylic acids is 1. The summed E-state index contributed by atoms with van der Waals surface area (Å²) in [4.78, 5) is 38.0. The second-order valence-electron chi connectivity index (χ2n) is 3.32. The first kappa shape index (κ1) is 13.4. The van der Waals surface area contributed by atoms with E-state index in [1.165, 1.54) is 0 Å². The maximum Gasteiger partial charge on any atom is 1.00 e. The van der Waals surface area contributed by atoms with Crippen LogP contribution in [0.1, 0.15) is 19.3 Å². The van der Waals surface area contributed by atoms with E-state index in [9.17, 15) is 19.5 Å². The van der Waals surface area contributed by atoms with Gasteiger partial charge in [0.2, 0.25) is 0 Å². The van der Waals surface area contributed by atoms with Crippen LogP contribution in [-0.4, -0.2) is 35.2 Å². The van der Waals surface area contributed by atoms with E-state index in [2.05, 4.69) is 4.74 Å². The molecule has 0 bridgehead atoms. The molecule has 2 aliphatic heterocycles. The summed E-state index contributed by atoms with van der Waals surface area (Å²) in [5.41, 5.74) is -2.06. The third-order valence-electron chi connectivity index (χ3n) is 2.36. The molecule has 2 heterocycles. The number of hydrogen-bond donors (Lipinski definition) is 0. The van der Waals surface area contributed by atoms with Crippen molar-refractivity contribution in [3.8, 4) is 0 Å². The molecule has 2 rings (SSSR count).